The summed E-state index contributed by atoms with van der Waals surface area (Å²) in [6, 6.07) is 5.29. The van der Waals surface area contributed by atoms with E-state index in [0.29, 0.717) is 11.0 Å². The molecule has 0 fully saturated rings. The molecule has 0 amide bonds. The summed E-state index contributed by atoms with van der Waals surface area (Å²) in [7, 11) is 0. The van der Waals surface area contributed by atoms with Crippen LogP contribution in [0.4, 0.5) is 5.69 Å². The summed E-state index contributed by atoms with van der Waals surface area (Å²) in [6.45, 7) is 4.72. The smallest absolute Gasteiger partial charge is 0.283 e. The second kappa shape index (κ2) is 7.11. The summed E-state index contributed by atoms with van der Waals surface area (Å²) in [5.74, 6) is 0. The van der Waals surface area contributed by atoms with Crippen molar-refractivity contribution in [2.75, 3.05) is 0 Å². The molecular weight excluding hydrogens is 354 g/mol. The minimum atomic E-state index is -0.384. The first-order valence-electron chi connectivity index (χ1n) is 6.62. The van der Waals surface area contributed by atoms with Crippen molar-refractivity contribution >= 4 is 33.0 Å². The molecule has 1 unspecified atom stereocenters. The zero-order valence-electron chi connectivity index (χ0n) is 11.8. The van der Waals surface area contributed by atoms with Gasteiger partial charge in [0.1, 0.15) is 5.01 Å². The van der Waals surface area contributed by atoms with Gasteiger partial charge in [-0.1, -0.05) is 13.0 Å². The summed E-state index contributed by atoms with van der Waals surface area (Å²) >= 11 is 4.89. The van der Waals surface area contributed by atoms with Crippen molar-refractivity contribution in [2.45, 2.75) is 32.9 Å². The summed E-state index contributed by atoms with van der Waals surface area (Å²) in [5, 5.41) is 15.3. The molecule has 1 aromatic carbocycles. The van der Waals surface area contributed by atoms with Crippen LogP contribution < -0.4 is 5.32 Å². The Bertz CT molecular complexity index is 645. The molecule has 0 spiro atoms. The molecule has 1 atom stereocenters. The van der Waals surface area contributed by atoms with E-state index < -0.39 is 0 Å². The van der Waals surface area contributed by atoms with Gasteiger partial charge in [-0.3, -0.25) is 10.1 Å². The number of halogens is 1. The normalized spacial score (nSPS) is 12.3. The largest absolute Gasteiger partial charge is 0.304 e. The number of nitro groups is 1. The van der Waals surface area contributed by atoms with Gasteiger partial charge in [0.05, 0.1) is 15.4 Å². The van der Waals surface area contributed by atoms with Crippen molar-refractivity contribution in [2.24, 2.45) is 0 Å². The monoisotopic (exact) mass is 369 g/mol. The van der Waals surface area contributed by atoms with Gasteiger partial charge in [0, 0.05) is 23.7 Å². The quantitative estimate of drug-likeness (QED) is 0.611. The first-order chi connectivity index (χ1) is 10.0. The van der Waals surface area contributed by atoms with Crippen molar-refractivity contribution in [3.63, 3.8) is 0 Å². The highest BCUT2D eigenvalue weighted by atomic mass is 79.9. The maximum atomic E-state index is 10.9. The second-order valence-corrected chi connectivity index (χ2v) is 6.66. The first kappa shape index (κ1) is 16.1. The van der Waals surface area contributed by atoms with Gasteiger partial charge >= 0.3 is 0 Å². The lowest BCUT2D eigenvalue weighted by molar-refractivity contribution is -0.385. The fourth-order valence-electron chi connectivity index (χ4n) is 1.85. The Morgan fingerprint density at radius 2 is 2.29 bits per heavy atom. The van der Waals surface area contributed by atoms with Crippen LogP contribution in [-0.2, 0) is 13.0 Å². The Morgan fingerprint density at radius 1 is 1.52 bits per heavy atom. The van der Waals surface area contributed by atoms with E-state index in [0.717, 1.165) is 17.0 Å². The highest BCUT2D eigenvalue weighted by Crippen LogP contribution is 2.26. The molecule has 0 saturated heterocycles. The molecule has 0 aliphatic carbocycles. The van der Waals surface area contributed by atoms with E-state index in [4.69, 9.17) is 0 Å². The van der Waals surface area contributed by atoms with Gasteiger partial charge in [-0.15, -0.1) is 11.3 Å². The number of aryl methyl sites for hydroxylation is 1. The predicted molar refractivity (Wildman–Crippen MR) is 87.5 cm³/mol. The minimum Gasteiger partial charge on any atom is -0.304 e. The van der Waals surface area contributed by atoms with E-state index in [9.17, 15) is 10.1 Å². The molecule has 7 heteroatoms. The third kappa shape index (κ3) is 4.09. The Hall–Kier alpha value is -1.31. The van der Waals surface area contributed by atoms with Crippen LogP contribution in [0.1, 0.15) is 35.3 Å². The van der Waals surface area contributed by atoms with Gasteiger partial charge < -0.3 is 5.32 Å². The SMILES string of the molecule is CCc1cnc(C(C)NCc2ccc(Br)c([N+](=O)[O-])c2)s1. The van der Waals surface area contributed by atoms with E-state index in [2.05, 4.69) is 33.2 Å². The van der Waals surface area contributed by atoms with Crippen molar-refractivity contribution in [3.8, 4) is 0 Å². The zero-order valence-corrected chi connectivity index (χ0v) is 14.2. The fraction of sp³-hybridized carbons (Fsp3) is 0.357. The number of thiazole rings is 1. The maximum Gasteiger partial charge on any atom is 0.283 e. The summed E-state index contributed by atoms with van der Waals surface area (Å²) in [6.07, 6.45) is 2.89. The number of aromatic nitrogens is 1. The molecule has 21 heavy (non-hydrogen) atoms. The molecule has 0 saturated carbocycles. The Kier molecular flexibility index (Phi) is 5.44. The van der Waals surface area contributed by atoms with Gasteiger partial charge in [-0.25, -0.2) is 4.98 Å². The number of hydrogen-bond donors (Lipinski definition) is 1. The van der Waals surface area contributed by atoms with Crippen LogP contribution in [-0.4, -0.2) is 9.91 Å². The third-order valence-electron chi connectivity index (χ3n) is 3.11. The average Bonchev–Trinajstić information content (AvgIpc) is 2.94. The molecule has 2 rings (SSSR count). The second-order valence-electron chi connectivity index (χ2n) is 4.66. The van der Waals surface area contributed by atoms with Crippen LogP contribution in [0.25, 0.3) is 0 Å². The van der Waals surface area contributed by atoms with Crippen molar-refractivity contribution in [1.82, 2.24) is 10.3 Å². The minimum absolute atomic E-state index is 0.0875. The van der Waals surface area contributed by atoms with E-state index >= 15 is 0 Å². The van der Waals surface area contributed by atoms with Crippen LogP contribution in [0.3, 0.4) is 0 Å². The lowest BCUT2D eigenvalue weighted by atomic mass is 10.2. The van der Waals surface area contributed by atoms with Crippen LogP contribution in [0.2, 0.25) is 0 Å². The molecule has 112 valence electrons. The molecule has 0 bridgehead atoms. The Balaban J connectivity index is 2.02. The fourth-order valence-corrected chi connectivity index (χ4v) is 3.13. The number of benzene rings is 1. The number of nitrogens with one attached hydrogen (secondary N) is 1. The Morgan fingerprint density at radius 3 is 2.90 bits per heavy atom. The van der Waals surface area contributed by atoms with Gasteiger partial charge in [0.2, 0.25) is 0 Å². The lowest BCUT2D eigenvalue weighted by Gasteiger charge is -2.11. The third-order valence-corrected chi connectivity index (χ3v) is 5.10. The maximum absolute atomic E-state index is 10.9. The number of nitro benzene ring substituents is 1. The standard InChI is InChI=1S/C14H16BrN3O2S/c1-3-11-8-17-14(21-11)9(2)16-7-10-4-5-12(15)13(6-10)18(19)20/h4-6,8-9,16H,3,7H2,1-2H3. The molecule has 0 aliphatic heterocycles. The molecule has 0 aliphatic rings. The average molecular weight is 370 g/mol. The molecule has 1 aromatic heterocycles. The molecular formula is C14H16BrN3O2S. The van der Waals surface area contributed by atoms with Crippen molar-refractivity contribution in [3.05, 3.63) is 54.4 Å². The van der Waals surface area contributed by atoms with Crippen LogP contribution in [0, 0.1) is 10.1 Å². The first-order valence-corrected chi connectivity index (χ1v) is 8.23. The van der Waals surface area contributed by atoms with Gasteiger partial charge in [-0.05, 0) is 40.9 Å². The molecule has 5 nitrogen and oxygen atoms in total. The van der Waals surface area contributed by atoms with Crippen molar-refractivity contribution < 1.29 is 4.92 Å². The number of hydrogen-bond acceptors (Lipinski definition) is 5. The summed E-state index contributed by atoms with van der Waals surface area (Å²) < 4.78 is 0.497. The Labute approximate surface area is 135 Å². The van der Waals surface area contributed by atoms with E-state index in [1.54, 1.807) is 23.5 Å². The van der Waals surface area contributed by atoms with Crippen molar-refractivity contribution in [1.29, 1.82) is 0 Å². The number of rotatable bonds is 6. The van der Waals surface area contributed by atoms with Crippen LogP contribution >= 0.6 is 27.3 Å². The zero-order chi connectivity index (χ0) is 15.4. The summed E-state index contributed by atoms with van der Waals surface area (Å²) in [5.41, 5.74) is 0.966. The van der Waals surface area contributed by atoms with Gasteiger partial charge in [-0.2, -0.15) is 0 Å². The molecule has 1 N–H and O–H groups in total. The van der Waals surface area contributed by atoms with Crippen LogP contribution in [0.15, 0.2) is 28.9 Å². The van der Waals surface area contributed by atoms with E-state index in [1.165, 1.54) is 4.88 Å². The van der Waals surface area contributed by atoms with Gasteiger partial charge in [0.25, 0.3) is 5.69 Å². The number of nitrogens with zero attached hydrogens (tertiary/aromatic N) is 2. The van der Waals surface area contributed by atoms with E-state index in [1.807, 2.05) is 19.2 Å². The van der Waals surface area contributed by atoms with Crippen LogP contribution in [0.5, 0.6) is 0 Å². The van der Waals surface area contributed by atoms with Gasteiger partial charge in [0.15, 0.2) is 0 Å². The lowest BCUT2D eigenvalue weighted by Crippen LogP contribution is -2.17. The highest BCUT2D eigenvalue weighted by Gasteiger charge is 2.14. The predicted octanol–water partition coefficient (Wildman–Crippen LogP) is 4.23. The highest BCUT2D eigenvalue weighted by molar-refractivity contribution is 9.10. The summed E-state index contributed by atoms with van der Waals surface area (Å²) in [4.78, 5) is 16.2. The van der Waals surface area contributed by atoms with E-state index in [-0.39, 0.29) is 16.7 Å². The molecule has 2 aromatic rings. The molecule has 1 heterocycles. The molecule has 0 radical (unpaired) electrons. The topological polar surface area (TPSA) is 68.1 Å².